The van der Waals surface area contributed by atoms with Crippen LogP contribution in [0, 0.1) is 0 Å². The second-order valence-corrected chi connectivity index (χ2v) is 7.55. The van der Waals surface area contributed by atoms with E-state index in [9.17, 15) is 8.42 Å². The Kier molecular flexibility index (Phi) is 3.90. The average Bonchev–Trinajstić information content (AvgIpc) is 3.10. The maximum Gasteiger partial charge on any atom is 0.218 e. The standard InChI is InChI=1S/C12H22N2O2S/c1-10-5-7-14(8-6-10)17(15,16)11(2)9-13-12-3-4-12/h5,11-13H,3-4,6-9H2,1-2H3. The number of sulfonamides is 1. The Morgan fingerprint density at radius 1 is 1.53 bits per heavy atom. The van der Waals surface area contributed by atoms with Crippen LogP contribution in [0.3, 0.4) is 0 Å². The number of hydrogen-bond acceptors (Lipinski definition) is 3. The van der Waals surface area contributed by atoms with Crippen LogP contribution < -0.4 is 5.32 Å². The third-order valence-corrected chi connectivity index (χ3v) is 5.77. The van der Waals surface area contributed by atoms with E-state index in [-0.39, 0.29) is 5.25 Å². The molecule has 0 aromatic carbocycles. The lowest BCUT2D eigenvalue weighted by atomic mass is 10.1. The first-order valence-corrected chi connectivity index (χ1v) is 7.88. The van der Waals surface area contributed by atoms with Gasteiger partial charge in [0, 0.05) is 25.7 Å². The molecule has 17 heavy (non-hydrogen) atoms. The highest BCUT2D eigenvalue weighted by atomic mass is 32.2. The van der Waals surface area contributed by atoms with Crippen molar-refractivity contribution in [2.75, 3.05) is 19.6 Å². The fourth-order valence-corrected chi connectivity index (χ4v) is 3.41. The molecule has 0 aromatic rings. The van der Waals surface area contributed by atoms with Gasteiger partial charge >= 0.3 is 0 Å². The third kappa shape index (κ3) is 3.30. The maximum atomic E-state index is 12.3. The fourth-order valence-electron chi connectivity index (χ4n) is 1.96. The molecule has 2 rings (SSSR count). The van der Waals surface area contributed by atoms with Crippen LogP contribution in [0.4, 0.5) is 0 Å². The van der Waals surface area contributed by atoms with Crippen molar-refractivity contribution in [2.45, 2.75) is 44.4 Å². The van der Waals surface area contributed by atoms with Crippen LogP contribution >= 0.6 is 0 Å². The van der Waals surface area contributed by atoms with E-state index in [0.717, 1.165) is 6.42 Å². The van der Waals surface area contributed by atoms with Gasteiger partial charge in [0.15, 0.2) is 0 Å². The molecule has 1 aliphatic carbocycles. The molecule has 98 valence electrons. The Labute approximate surface area is 104 Å². The quantitative estimate of drug-likeness (QED) is 0.752. The minimum atomic E-state index is -3.13. The molecule has 0 saturated heterocycles. The third-order valence-electron chi connectivity index (χ3n) is 3.54. The highest BCUT2D eigenvalue weighted by Crippen LogP contribution is 2.20. The lowest BCUT2D eigenvalue weighted by Crippen LogP contribution is -2.44. The Morgan fingerprint density at radius 2 is 2.24 bits per heavy atom. The van der Waals surface area contributed by atoms with Crippen molar-refractivity contribution in [3.63, 3.8) is 0 Å². The van der Waals surface area contributed by atoms with Gasteiger partial charge in [-0.15, -0.1) is 0 Å². The molecule has 1 heterocycles. The molecule has 2 aliphatic rings. The van der Waals surface area contributed by atoms with Crippen molar-refractivity contribution in [1.82, 2.24) is 9.62 Å². The van der Waals surface area contributed by atoms with Crippen LogP contribution in [-0.4, -0.2) is 43.6 Å². The van der Waals surface area contributed by atoms with Crippen LogP contribution in [0.5, 0.6) is 0 Å². The monoisotopic (exact) mass is 258 g/mol. The molecule has 1 aliphatic heterocycles. The second-order valence-electron chi connectivity index (χ2n) is 5.20. The fraction of sp³-hybridized carbons (Fsp3) is 0.833. The molecule has 1 unspecified atom stereocenters. The Bertz CT molecular complexity index is 399. The highest BCUT2D eigenvalue weighted by molar-refractivity contribution is 7.89. The van der Waals surface area contributed by atoms with Gasteiger partial charge in [0.25, 0.3) is 0 Å². The molecule has 4 nitrogen and oxygen atoms in total. The van der Waals surface area contributed by atoms with Crippen LogP contribution in [0.2, 0.25) is 0 Å². The molecule has 0 aromatic heterocycles. The summed E-state index contributed by atoms with van der Waals surface area (Å²) in [6, 6.07) is 0.566. The van der Waals surface area contributed by atoms with Gasteiger partial charge in [-0.3, -0.25) is 0 Å². The van der Waals surface area contributed by atoms with E-state index in [1.165, 1.54) is 18.4 Å². The van der Waals surface area contributed by atoms with Crippen molar-refractivity contribution in [3.05, 3.63) is 11.6 Å². The lowest BCUT2D eigenvalue weighted by molar-refractivity contribution is 0.421. The van der Waals surface area contributed by atoms with E-state index in [4.69, 9.17) is 0 Å². The van der Waals surface area contributed by atoms with Crippen LogP contribution in [0.15, 0.2) is 11.6 Å². The maximum absolute atomic E-state index is 12.3. The number of nitrogens with zero attached hydrogens (tertiary/aromatic N) is 1. The molecule has 1 saturated carbocycles. The van der Waals surface area contributed by atoms with Crippen molar-refractivity contribution < 1.29 is 8.42 Å². The summed E-state index contributed by atoms with van der Waals surface area (Å²) in [6.07, 6.45) is 5.26. The van der Waals surface area contributed by atoms with Crippen molar-refractivity contribution in [2.24, 2.45) is 0 Å². The van der Waals surface area contributed by atoms with E-state index >= 15 is 0 Å². The van der Waals surface area contributed by atoms with E-state index < -0.39 is 10.0 Å². The normalized spacial score (nSPS) is 24.5. The molecule has 0 amide bonds. The van der Waals surface area contributed by atoms with Gasteiger partial charge in [-0.05, 0) is 33.1 Å². The molecule has 1 fully saturated rings. The molecule has 0 bridgehead atoms. The summed E-state index contributed by atoms with van der Waals surface area (Å²) in [5, 5.41) is 2.96. The van der Waals surface area contributed by atoms with E-state index in [2.05, 4.69) is 12.2 Å². The molecular formula is C12H22N2O2S. The van der Waals surface area contributed by atoms with Crippen LogP contribution in [0.25, 0.3) is 0 Å². The van der Waals surface area contributed by atoms with Crippen molar-refractivity contribution >= 4 is 10.0 Å². The molecule has 1 atom stereocenters. The molecule has 5 heteroatoms. The van der Waals surface area contributed by atoms with Crippen molar-refractivity contribution in [3.8, 4) is 0 Å². The summed E-state index contributed by atoms with van der Waals surface area (Å²) in [7, 11) is -3.13. The average molecular weight is 258 g/mol. The predicted molar refractivity (Wildman–Crippen MR) is 69.4 cm³/mol. The smallest absolute Gasteiger partial charge is 0.218 e. The van der Waals surface area contributed by atoms with Crippen LogP contribution in [-0.2, 0) is 10.0 Å². The largest absolute Gasteiger partial charge is 0.313 e. The van der Waals surface area contributed by atoms with Gasteiger partial charge in [0.1, 0.15) is 0 Å². The molecule has 0 spiro atoms. The van der Waals surface area contributed by atoms with E-state index in [0.29, 0.717) is 25.7 Å². The summed E-state index contributed by atoms with van der Waals surface area (Å²) in [5.41, 5.74) is 1.29. The summed E-state index contributed by atoms with van der Waals surface area (Å²) in [5.74, 6) is 0. The number of hydrogen-bond donors (Lipinski definition) is 1. The number of nitrogens with one attached hydrogen (secondary N) is 1. The first-order chi connectivity index (χ1) is 8.00. The molecular weight excluding hydrogens is 236 g/mol. The zero-order valence-electron chi connectivity index (χ0n) is 10.6. The highest BCUT2D eigenvalue weighted by Gasteiger charge is 2.30. The van der Waals surface area contributed by atoms with E-state index in [1.54, 1.807) is 11.2 Å². The summed E-state index contributed by atoms with van der Waals surface area (Å²) >= 11 is 0. The predicted octanol–water partition coefficient (Wildman–Crippen LogP) is 1.11. The number of rotatable bonds is 5. The van der Waals surface area contributed by atoms with Gasteiger partial charge < -0.3 is 5.32 Å². The SMILES string of the molecule is CC1=CCN(S(=O)(=O)C(C)CNC2CC2)CC1. The van der Waals surface area contributed by atoms with Gasteiger partial charge in [-0.2, -0.15) is 4.31 Å². The van der Waals surface area contributed by atoms with Gasteiger partial charge in [0.05, 0.1) is 5.25 Å². The first kappa shape index (κ1) is 13.1. The Hall–Kier alpha value is -0.390. The zero-order valence-corrected chi connectivity index (χ0v) is 11.5. The Morgan fingerprint density at radius 3 is 2.76 bits per heavy atom. The topological polar surface area (TPSA) is 49.4 Å². The van der Waals surface area contributed by atoms with Gasteiger partial charge in [-0.1, -0.05) is 11.6 Å². The summed E-state index contributed by atoms with van der Waals surface area (Å²) in [6.45, 7) is 5.62. The summed E-state index contributed by atoms with van der Waals surface area (Å²) in [4.78, 5) is 0. The lowest BCUT2D eigenvalue weighted by Gasteiger charge is -2.28. The molecule has 0 radical (unpaired) electrons. The van der Waals surface area contributed by atoms with Crippen molar-refractivity contribution in [1.29, 1.82) is 0 Å². The van der Waals surface area contributed by atoms with E-state index in [1.807, 2.05) is 6.08 Å². The second kappa shape index (κ2) is 5.08. The minimum Gasteiger partial charge on any atom is -0.313 e. The van der Waals surface area contributed by atoms with Gasteiger partial charge in [-0.25, -0.2) is 8.42 Å². The van der Waals surface area contributed by atoms with Gasteiger partial charge in [0.2, 0.25) is 10.0 Å². The Balaban J connectivity index is 1.92. The van der Waals surface area contributed by atoms with Crippen LogP contribution in [0.1, 0.15) is 33.1 Å². The molecule has 1 N–H and O–H groups in total. The zero-order chi connectivity index (χ0) is 12.5. The first-order valence-electron chi connectivity index (χ1n) is 6.38. The summed E-state index contributed by atoms with van der Waals surface area (Å²) < 4.78 is 26.2. The minimum absolute atomic E-state index is 0.324.